The van der Waals surface area contributed by atoms with Crippen LogP contribution < -0.4 is 5.73 Å². The number of hydrogen-bond donors (Lipinski definition) is 2. The summed E-state index contributed by atoms with van der Waals surface area (Å²) in [5.41, 5.74) is 6.55. The topological polar surface area (TPSA) is 94.0 Å². The number of nitrogen functional groups attached to an aromatic ring is 1. The number of aromatic nitrogens is 3. The van der Waals surface area contributed by atoms with E-state index in [0.717, 1.165) is 0 Å². The van der Waals surface area contributed by atoms with Gasteiger partial charge in [0.1, 0.15) is 5.56 Å². The highest BCUT2D eigenvalue weighted by Gasteiger charge is 2.14. The zero-order chi connectivity index (χ0) is 11.0. The Hall–Kier alpha value is -2.11. The van der Waals surface area contributed by atoms with Gasteiger partial charge in [0.05, 0.1) is 17.3 Å². The molecule has 0 aliphatic heterocycles. The predicted octanol–water partition coefficient (Wildman–Crippen LogP) is 0.732. The van der Waals surface area contributed by atoms with E-state index in [0.29, 0.717) is 17.6 Å². The number of nitrogens with two attached hydrogens (primary N) is 1. The van der Waals surface area contributed by atoms with Gasteiger partial charge in [0, 0.05) is 12.7 Å². The lowest BCUT2D eigenvalue weighted by molar-refractivity contribution is 0.0698. The van der Waals surface area contributed by atoms with Gasteiger partial charge >= 0.3 is 5.97 Å². The van der Waals surface area contributed by atoms with Gasteiger partial charge in [-0.25, -0.2) is 14.5 Å². The fourth-order valence-corrected chi connectivity index (χ4v) is 1.45. The van der Waals surface area contributed by atoms with Crippen LogP contribution in [0.25, 0.3) is 11.0 Å². The molecule has 2 aromatic heterocycles. The standard InChI is InChI=1S/C9H10N4O2/c1-2-13-8-5(4-12-13)7(10)6(3-11-8)9(14)15/h3-4H,2H2,1H3,(H2,10,11)(H,14,15). The molecule has 0 fully saturated rings. The summed E-state index contributed by atoms with van der Waals surface area (Å²) < 4.78 is 1.66. The SMILES string of the molecule is CCn1ncc2c(N)c(C(=O)O)cnc21. The first-order valence-electron chi connectivity index (χ1n) is 4.48. The molecule has 0 saturated heterocycles. The third kappa shape index (κ3) is 1.30. The van der Waals surface area contributed by atoms with Gasteiger partial charge in [-0.1, -0.05) is 0 Å². The summed E-state index contributed by atoms with van der Waals surface area (Å²) in [5.74, 6) is -1.08. The van der Waals surface area contributed by atoms with Crippen molar-refractivity contribution in [2.75, 3.05) is 5.73 Å². The van der Waals surface area contributed by atoms with Gasteiger partial charge < -0.3 is 10.8 Å². The van der Waals surface area contributed by atoms with Crippen LogP contribution in [0.3, 0.4) is 0 Å². The van der Waals surface area contributed by atoms with Crippen molar-refractivity contribution >= 4 is 22.7 Å². The minimum absolute atomic E-state index is 0.0122. The highest BCUT2D eigenvalue weighted by Crippen LogP contribution is 2.22. The molecule has 0 atom stereocenters. The van der Waals surface area contributed by atoms with E-state index >= 15 is 0 Å². The zero-order valence-corrected chi connectivity index (χ0v) is 8.14. The zero-order valence-electron chi connectivity index (χ0n) is 8.14. The van der Waals surface area contributed by atoms with E-state index < -0.39 is 5.97 Å². The largest absolute Gasteiger partial charge is 0.478 e. The van der Waals surface area contributed by atoms with Gasteiger partial charge in [-0.05, 0) is 6.92 Å². The minimum atomic E-state index is -1.08. The van der Waals surface area contributed by atoms with Crippen LogP contribution in [0.4, 0.5) is 5.69 Å². The summed E-state index contributed by atoms with van der Waals surface area (Å²) in [4.78, 5) is 14.8. The summed E-state index contributed by atoms with van der Waals surface area (Å²) >= 11 is 0. The number of fused-ring (bicyclic) bond motifs is 1. The first kappa shape index (κ1) is 9.45. The second kappa shape index (κ2) is 3.23. The van der Waals surface area contributed by atoms with Crippen LogP contribution in [0.15, 0.2) is 12.4 Å². The molecular formula is C9H10N4O2. The smallest absolute Gasteiger partial charge is 0.339 e. The fraction of sp³-hybridized carbons (Fsp3) is 0.222. The molecule has 15 heavy (non-hydrogen) atoms. The first-order chi connectivity index (χ1) is 7.15. The van der Waals surface area contributed by atoms with Crippen molar-refractivity contribution in [3.05, 3.63) is 18.0 Å². The number of nitrogens with zero attached hydrogens (tertiary/aromatic N) is 3. The molecule has 0 saturated carbocycles. The van der Waals surface area contributed by atoms with Gasteiger partial charge in [0.25, 0.3) is 0 Å². The summed E-state index contributed by atoms with van der Waals surface area (Å²) in [6.45, 7) is 2.60. The summed E-state index contributed by atoms with van der Waals surface area (Å²) in [7, 11) is 0. The van der Waals surface area contributed by atoms with Crippen molar-refractivity contribution in [2.24, 2.45) is 0 Å². The maximum absolute atomic E-state index is 10.8. The van der Waals surface area contributed by atoms with Gasteiger partial charge in [0.15, 0.2) is 5.65 Å². The fourth-order valence-electron chi connectivity index (χ4n) is 1.45. The van der Waals surface area contributed by atoms with Crippen LogP contribution >= 0.6 is 0 Å². The van der Waals surface area contributed by atoms with Crippen LogP contribution in [0, 0.1) is 0 Å². The predicted molar refractivity (Wildman–Crippen MR) is 54.6 cm³/mol. The third-order valence-corrected chi connectivity index (χ3v) is 2.24. The Morgan fingerprint density at radius 1 is 1.60 bits per heavy atom. The number of rotatable bonds is 2. The van der Waals surface area contributed by atoms with Gasteiger partial charge in [0.2, 0.25) is 0 Å². The number of anilines is 1. The molecule has 2 aromatic rings. The minimum Gasteiger partial charge on any atom is -0.478 e. The second-order valence-corrected chi connectivity index (χ2v) is 3.09. The number of hydrogen-bond acceptors (Lipinski definition) is 4. The summed E-state index contributed by atoms with van der Waals surface area (Å²) in [6, 6.07) is 0. The van der Waals surface area contributed by atoms with Gasteiger partial charge in [-0.3, -0.25) is 0 Å². The highest BCUT2D eigenvalue weighted by molar-refractivity contribution is 6.02. The van der Waals surface area contributed by atoms with Crippen molar-refractivity contribution in [3.8, 4) is 0 Å². The van der Waals surface area contributed by atoms with Crippen LogP contribution in [0.2, 0.25) is 0 Å². The van der Waals surface area contributed by atoms with Crippen molar-refractivity contribution < 1.29 is 9.90 Å². The average Bonchev–Trinajstić information content (AvgIpc) is 2.61. The Morgan fingerprint density at radius 2 is 2.33 bits per heavy atom. The van der Waals surface area contributed by atoms with Gasteiger partial charge in [-0.2, -0.15) is 5.10 Å². The monoisotopic (exact) mass is 206 g/mol. The molecule has 0 unspecified atom stereocenters. The Balaban J connectivity index is 2.75. The lowest BCUT2D eigenvalue weighted by atomic mass is 10.2. The Kier molecular flexibility index (Phi) is 2.03. The maximum Gasteiger partial charge on any atom is 0.339 e. The van der Waals surface area contributed by atoms with Crippen LogP contribution in [-0.2, 0) is 6.54 Å². The second-order valence-electron chi connectivity index (χ2n) is 3.09. The van der Waals surface area contributed by atoms with Crippen LogP contribution in [0.5, 0.6) is 0 Å². The van der Waals surface area contributed by atoms with E-state index in [9.17, 15) is 4.79 Å². The van der Waals surface area contributed by atoms with Crippen molar-refractivity contribution in [1.29, 1.82) is 0 Å². The number of carboxylic acid groups (broad SMARTS) is 1. The number of carboxylic acids is 1. The Labute approximate surface area is 85.3 Å². The Bertz CT molecular complexity index is 532. The quantitative estimate of drug-likeness (QED) is 0.755. The van der Waals surface area contributed by atoms with Crippen LogP contribution in [0.1, 0.15) is 17.3 Å². The maximum atomic E-state index is 10.8. The molecule has 0 spiro atoms. The van der Waals surface area contributed by atoms with Crippen molar-refractivity contribution in [1.82, 2.24) is 14.8 Å². The Morgan fingerprint density at radius 3 is 2.93 bits per heavy atom. The van der Waals surface area contributed by atoms with E-state index in [1.807, 2.05) is 6.92 Å². The molecule has 0 bridgehead atoms. The highest BCUT2D eigenvalue weighted by atomic mass is 16.4. The van der Waals surface area contributed by atoms with E-state index in [1.54, 1.807) is 4.68 Å². The van der Waals surface area contributed by atoms with E-state index in [-0.39, 0.29) is 11.3 Å². The molecule has 0 amide bonds. The van der Waals surface area contributed by atoms with Crippen molar-refractivity contribution in [2.45, 2.75) is 13.5 Å². The van der Waals surface area contributed by atoms with Crippen molar-refractivity contribution in [3.63, 3.8) is 0 Å². The molecule has 0 aromatic carbocycles. The average molecular weight is 206 g/mol. The lowest BCUT2D eigenvalue weighted by Gasteiger charge is -2.02. The number of pyridine rings is 1. The van der Waals surface area contributed by atoms with Gasteiger partial charge in [-0.15, -0.1) is 0 Å². The number of carbonyl (C=O) groups is 1. The molecule has 6 nitrogen and oxygen atoms in total. The number of aryl methyl sites for hydroxylation is 1. The molecule has 3 N–H and O–H groups in total. The van der Waals surface area contributed by atoms with E-state index in [2.05, 4.69) is 10.1 Å². The molecule has 2 heterocycles. The normalized spacial score (nSPS) is 10.7. The third-order valence-electron chi connectivity index (χ3n) is 2.24. The molecular weight excluding hydrogens is 196 g/mol. The first-order valence-corrected chi connectivity index (χ1v) is 4.48. The van der Waals surface area contributed by atoms with Crippen LogP contribution in [-0.4, -0.2) is 25.8 Å². The van der Waals surface area contributed by atoms with E-state index in [4.69, 9.17) is 10.8 Å². The molecule has 6 heteroatoms. The molecule has 0 aliphatic rings. The molecule has 2 rings (SSSR count). The number of aromatic carboxylic acids is 1. The summed E-state index contributed by atoms with van der Waals surface area (Å²) in [6.07, 6.45) is 2.79. The lowest BCUT2D eigenvalue weighted by Crippen LogP contribution is -2.05. The molecule has 78 valence electrons. The van der Waals surface area contributed by atoms with E-state index in [1.165, 1.54) is 12.4 Å². The molecule has 0 radical (unpaired) electrons. The summed E-state index contributed by atoms with van der Waals surface area (Å²) in [5, 5.41) is 13.5. The molecule has 0 aliphatic carbocycles.